The Balaban J connectivity index is 3.30. The van der Waals surface area contributed by atoms with Gasteiger partial charge in [-0.05, 0) is 6.92 Å². The highest BCUT2D eigenvalue weighted by Crippen LogP contribution is 1.66. The van der Waals surface area contributed by atoms with Crippen molar-refractivity contribution in [1.29, 1.82) is 0 Å². The summed E-state index contributed by atoms with van der Waals surface area (Å²) in [6.45, 7) is 1.93. The highest BCUT2D eigenvalue weighted by molar-refractivity contribution is 5.82. The largest absolute Gasteiger partial charge is 0.352 e. The molecule has 6 heteroatoms. The predicted molar refractivity (Wildman–Crippen MR) is 37.4 cm³/mol. The average molecular weight is 161 g/mol. The Bertz CT molecular complexity index is 148. The van der Waals surface area contributed by atoms with Gasteiger partial charge in [-0.3, -0.25) is 9.63 Å². The van der Waals surface area contributed by atoms with Crippen molar-refractivity contribution in [2.24, 2.45) is 5.73 Å². The summed E-state index contributed by atoms with van der Waals surface area (Å²) in [4.78, 5) is 25.2. The Morgan fingerprint density at radius 1 is 1.55 bits per heavy atom. The molecule has 0 bridgehead atoms. The van der Waals surface area contributed by atoms with E-state index >= 15 is 0 Å². The average Bonchev–Trinajstić information content (AvgIpc) is 1.97. The van der Waals surface area contributed by atoms with E-state index in [1.165, 1.54) is 0 Å². The molecule has 11 heavy (non-hydrogen) atoms. The van der Waals surface area contributed by atoms with Crippen LogP contribution in [0.5, 0.6) is 0 Å². The van der Waals surface area contributed by atoms with Gasteiger partial charge in [0.15, 0.2) is 0 Å². The van der Waals surface area contributed by atoms with Crippen LogP contribution in [0.25, 0.3) is 0 Å². The number of urea groups is 1. The Morgan fingerprint density at radius 2 is 2.18 bits per heavy atom. The summed E-state index contributed by atoms with van der Waals surface area (Å²) in [5.74, 6) is -0.439. The van der Waals surface area contributed by atoms with Crippen LogP contribution >= 0.6 is 0 Å². The van der Waals surface area contributed by atoms with Gasteiger partial charge in [0.25, 0.3) is 5.91 Å². The van der Waals surface area contributed by atoms with E-state index in [4.69, 9.17) is 5.73 Å². The minimum absolute atomic E-state index is 0.171. The molecule has 3 amide bonds. The minimum Gasteiger partial charge on any atom is -0.352 e. The fourth-order valence-corrected chi connectivity index (χ4v) is 0.356. The van der Waals surface area contributed by atoms with Crippen LogP contribution in [0.2, 0.25) is 0 Å². The number of hydrogen-bond donors (Lipinski definition) is 3. The molecule has 0 saturated heterocycles. The molecule has 0 aliphatic rings. The van der Waals surface area contributed by atoms with Crippen molar-refractivity contribution in [2.45, 2.75) is 6.92 Å². The van der Waals surface area contributed by atoms with E-state index in [0.29, 0.717) is 6.61 Å². The monoisotopic (exact) mass is 161 g/mol. The normalized spacial score (nSPS) is 8.82. The molecule has 0 fully saturated rings. The summed E-state index contributed by atoms with van der Waals surface area (Å²) < 4.78 is 0. The van der Waals surface area contributed by atoms with E-state index in [9.17, 15) is 9.59 Å². The number of carbonyl (C=O) groups excluding carboxylic acids is 2. The Labute approximate surface area is 64.0 Å². The van der Waals surface area contributed by atoms with Crippen molar-refractivity contribution in [3.05, 3.63) is 0 Å². The fourth-order valence-electron chi connectivity index (χ4n) is 0.356. The lowest BCUT2D eigenvalue weighted by atomic mass is 10.6. The number of hydrogen-bond acceptors (Lipinski definition) is 3. The second kappa shape index (κ2) is 5.48. The zero-order valence-electron chi connectivity index (χ0n) is 6.22. The van der Waals surface area contributed by atoms with E-state index in [0.717, 1.165) is 0 Å². The van der Waals surface area contributed by atoms with Crippen LogP contribution in [0, 0.1) is 0 Å². The Hall–Kier alpha value is -1.30. The molecule has 0 heterocycles. The lowest BCUT2D eigenvalue weighted by molar-refractivity contribution is -0.132. The third-order valence-corrected chi connectivity index (χ3v) is 0.754. The molecule has 0 saturated carbocycles. The number of amides is 3. The molecule has 0 aromatic rings. The van der Waals surface area contributed by atoms with E-state index in [1.54, 1.807) is 6.92 Å². The molecular weight excluding hydrogens is 150 g/mol. The van der Waals surface area contributed by atoms with Gasteiger partial charge in [0.1, 0.15) is 6.54 Å². The molecular formula is C5H11N3O3. The number of hydroxylamine groups is 1. The summed E-state index contributed by atoms with van der Waals surface area (Å²) in [7, 11) is 0. The van der Waals surface area contributed by atoms with Crippen LogP contribution in [0.15, 0.2) is 0 Å². The molecule has 0 spiro atoms. The Morgan fingerprint density at radius 3 is 2.64 bits per heavy atom. The lowest BCUT2D eigenvalue weighted by Crippen LogP contribution is -2.39. The van der Waals surface area contributed by atoms with Gasteiger partial charge < -0.3 is 11.1 Å². The van der Waals surface area contributed by atoms with Gasteiger partial charge in [-0.25, -0.2) is 10.3 Å². The van der Waals surface area contributed by atoms with E-state index < -0.39 is 11.9 Å². The maximum absolute atomic E-state index is 10.6. The first kappa shape index (κ1) is 9.70. The summed E-state index contributed by atoms with van der Waals surface area (Å²) in [5, 5.41) is 2.10. The third-order valence-electron chi connectivity index (χ3n) is 0.754. The van der Waals surface area contributed by atoms with Crippen molar-refractivity contribution in [2.75, 3.05) is 13.2 Å². The number of carbonyl (C=O) groups is 2. The highest BCUT2D eigenvalue weighted by atomic mass is 16.6. The molecule has 0 radical (unpaired) electrons. The standard InChI is InChI=1S/C5H11N3O3/c1-2-11-8-4(9)3-7-5(6)10/h2-3H2,1H3,(H,8,9)(H3,6,7,10). The van der Waals surface area contributed by atoms with Crippen LogP contribution in [-0.2, 0) is 9.63 Å². The van der Waals surface area contributed by atoms with Gasteiger partial charge in [-0.1, -0.05) is 0 Å². The Kier molecular flexibility index (Phi) is 4.83. The van der Waals surface area contributed by atoms with E-state index in [2.05, 4.69) is 15.6 Å². The van der Waals surface area contributed by atoms with Gasteiger partial charge in [0.05, 0.1) is 6.61 Å². The maximum atomic E-state index is 10.6. The zero-order valence-corrected chi connectivity index (χ0v) is 6.22. The summed E-state index contributed by atoms with van der Waals surface area (Å²) >= 11 is 0. The first-order chi connectivity index (χ1) is 5.16. The zero-order chi connectivity index (χ0) is 8.69. The van der Waals surface area contributed by atoms with Crippen molar-refractivity contribution < 1.29 is 14.4 Å². The van der Waals surface area contributed by atoms with Crippen LogP contribution in [0.3, 0.4) is 0 Å². The lowest BCUT2D eigenvalue weighted by Gasteiger charge is -2.02. The second-order valence-electron chi connectivity index (χ2n) is 1.68. The molecule has 0 aromatic heterocycles. The number of nitrogens with one attached hydrogen (secondary N) is 2. The molecule has 0 aliphatic heterocycles. The topological polar surface area (TPSA) is 93.4 Å². The predicted octanol–water partition coefficient (Wildman–Crippen LogP) is -1.28. The van der Waals surface area contributed by atoms with Crippen molar-refractivity contribution in [3.8, 4) is 0 Å². The quantitative estimate of drug-likeness (QED) is 0.448. The summed E-state index contributed by atoms with van der Waals surface area (Å²) in [5.41, 5.74) is 6.78. The van der Waals surface area contributed by atoms with Crippen molar-refractivity contribution in [1.82, 2.24) is 10.8 Å². The fraction of sp³-hybridized carbons (Fsp3) is 0.600. The van der Waals surface area contributed by atoms with E-state index in [-0.39, 0.29) is 6.54 Å². The SMILES string of the molecule is CCONC(=O)CNC(N)=O. The summed E-state index contributed by atoms with van der Waals surface area (Å²) in [6.07, 6.45) is 0. The first-order valence-electron chi connectivity index (χ1n) is 3.10. The first-order valence-corrected chi connectivity index (χ1v) is 3.10. The third kappa shape index (κ3) is 6.59. The van der Waals surface area contributed by atoms with Gasteiger partial charge in [-0.2, -0.15) is 0 Å². The van der Waals surface area contributed by atoms with Crippen LogP contribution < -0.4 is 16.5 Å². The summed E-state index contributed by atoms with van der Waals surface area (Å²) in [6, 6.07) is -0.739. The molecule has 0 aliphatic carbocycles. The molecule has 64 valence electrons. The molecule has 0 aromatic carbocycles. The van der Waals surface area contributed by atoms with Crippen LogP contribution in [0.1, 0.15) is 6.92 Å². The molecule has 0 atom stereocenters. The van der Waals surface area contributed by atoms with Gasteiger partial charge >= 0.3 is 6.03 Å². The minimum atomic E-state index is -0.739. The number of rotatable bonds is 4. The maximum Gasteiger partial charge on any atom is 0.312 e. The molecule has 0 unspecified atom stereocenters. The van der Waals surface area contributed by atoms with E-state index in [1.807, 2.05) is 0 Å². The van der Waals surface area contributed by atoms with Crippen molar-refractivity contribution in [3.63, 3.8) is 0 Å². The smallest absolute Gasteiger partial charge is 0.312 e. The van der Waals surface area contributed by atoms with Gasteiger partial charge in [-0.15, -0.1) is 0 Å². The van der Waals surface area contributed by atoms with Gasteiger partial charge in [0, 0.05) is 0 Å². The number of nitrogens with two attached hydrogens (primary N) is 1. The highest BCUT2D eigenvalue weighted by Gasteiger charge is 1.99. The second-order valence-corrected chi connectivity index (χ2v) is 1.68. The molecule has 0 rings (SSSR count). The molecule has 4 N–H and O–H groups in total. The molecule has 6 nitrogen and oxygen atoms in total. The van der Waals surface area contributed by atoms with Gasteiger partial charge in [0.2, 0.25) is 0 Å². The van der Waals surface area contributed by atoms with Crippen LogP contribution in [0.4, 0.5) is 4.79 Å². The van der Waals surface area contributed by atoms with Crippen molar-refractivity contribution >= 4 is 11.9 Å². The number of primary amides is 1. The van der Waals surface area contributed by atoms with Crippen LogP contribution in [-0.4, -0.2) is 25.1 Å².